The first-order valence-electron chi connectivity index (χ1n) is 10.3. The summed E-state index contributed by atoms with van der Waals surface area (Å²) in [5.74, 6) is -0.849. The van der Waals surface area contributed by atoms with Crippen LogP contribution in [0.5, 0.6) is 0 Å². The van der Waals surface area contributed by atoms with Crippen LogP contribution in [0, 0.1) is 12.7 Å². The van der Waals surface area contributed by atoms with Gasteiger partial charge in [0.1, 0.15) is 11.5 Å². The lowest BCUT2D eigenvalue weighted by Crippen LogP contribution is -2.42. The highest BCUT2D eigenvalue weighted by atomic mass is 19.1. The molecule has 0 aliphatic heterocycles. The number of benzene rings is 2. The lowest BCUT2D eigenvalue weighted by atomic mass is 10.1. The number of aryl methyl sites for hydroxylation is 1. The summed E-state index contributed by atoms with van der Waals surface area (Å²) in [6.45, 7) is 7.90. The molecule has 0 saturated heterocycles. The van der Waals surface area contributed by atoms with Gasteiger partial charge in [0.25, 0.3) is 5.91 Å². The Kier molecular flexibility index (Phi) is 6.84. The zero-order valence-corrected chi connectivity index (χ0v) is 18.2. The SMILES string of the molecule is CCN(CC(=O)NC(C)C)C(=O)c1cn(-c2ccc(F)cc2)nc1-c1ccc(C)cc1. The minimum Gasteiger partial charge on any atom is -0.352 e. The fourth-order valence-corrected chi connectivity index (χ4v) is 3.22. The van der Waals surface area contributed by atoms with E-state index in [1.807, 2.05) is 52.0 Å². The maximum Gasteiger partial charge on any atom is 0.258 e. The van der Waals surface area contributed by atoms with Crippen molar-refractivity contribution in [3.8, 4) is 16.9 Å². The normalized spacial score (nSPS) is 10.9. The molecule has 0 atom stereocenters. The second-order valence-corrected chi connectivity index (χ2v) is 7.72. The molecule has 162 valence electrons. The molecule has 1 N–H and O–H groups in total. The van der Waals surface area contributed by atoms with Crippen molar-refractivity contribution in [2.75, 3.05) is 13.1 Å². The lowest BCUT2D eigenvalue weighted by Gasteiger charge is -2.21. The van der Waals surface area contributed by atoms with Crippen LogP contribution in [-0.4, -0.2) is 45.6 Å². The van der Waals surface area contributed by atoms with Gasteiger partial charge in [-0.1, -0.05) is 29.8 Å². The van der Waals surface area contributed by atoms with E-state index in [1.54, 1.807) is 23.0 Å². The summed E-state index contributed by atoms with van der Waals surface area (Å²) < 4.78 is 14.9. The number of likely N-dealkylation sites (N-methyl/N-ethyl adjacent to an activating group) is 1. The molecule has 2 aromatic carbocycles. The van der Waals surface area contributed by atoms with Crippen LogP contribution in [0.25, 0.3) is 16.9 Å². The van der Waals surface area contributed by atoms with E-state index in [0.29, 0.717) is 23.5 Å². The van der Waals surface area contributed by atoms with E-state index in [0.717, 1.165) is 11.1 Å². The molecule has 0 spiro atoms. The summed E-state index contributed by atoms with van der Waals surface area (Å²) in [5, 5.41) is 7.44. The van der Waals surface area contributed by atoms with Crippen LogP contribution in [-0.2, 0) is 4.79 Å². The Morgan fingerprint density at radius 3 is 2.32 bits per heavy atom. The number of amides is 2. The monoisotopic (exact) mass is 422 g/mol. The van der Waals surface area contributed by atoms with Gasteiger partial charge in [-0.3, -0.25) is 9.59 Å². The van der Waals surface area contributed by atoms with Crippen molar-refractivity contribution >= 4 is 11.8 Å². The third kappa shape index (κ3) is 5.36. The first kappa shape index (κ1) is 22.2. The Labute approximate surface area is 181 Å². The highest BCUT2D eigenvalue weighted by Crippen LogP contribution is 2.25. The van der Waals surface area contributed by atoms with E-state index in [4.69, 9.17) is 0 Å². The Bertz CT molecular complexity index is 1060. The molecular weight excluding hydrogens is 395 g/mol. The standard InChI is InChI=1S/C24H27FN4O2/c1-5-28(15-22(30)26-16(2)3)24(31)21-14-29(20-12-10-19(25)11-13-20)27-23(21)18-8-6-17(4)7-9-18/h6-14,16H,5,15H2,1-4H3,(H,26,30). The molecule has 2 amide bonds. The van der Waals surface area contributed by atoms with Crippen LogP contribution in [0.1, 0.15) is 36.7 Å². The summed E-state index contributed by atoms with van der Waals surface area (Å²) >= 11 is 0. The van der Waals surface area contributed by atoms with Gasteiger partial charge in [-0.25, -0.2) is 9.07 Å². The molecule has 0 fully saturated rings. The largest absolute Gasteiger partial charge is 0.352 e. The number of nitrogens with one attached hydrogen (secondary N) is 1. The number of hydrogen-bond donors (Lipinski definition) is 1. The molecular formula is C24H27FN4O2. The molecule has 0 radical (unpaired) electrons. The third-order valence-corrected chi connectivity index (χ3v) is 4.81. The molecule has 3 rings (SSSR count). The van der Waals surface area contributed by atoms with Crippen LogP contribution < -0.4 is 5.32 Å². The lowest BCUT2D eigenvalue weighted by molar-refractivity contribution is -0.122. The molecule has 0 aliphatic rings. The zero-order chi connectivity index (χ0) is 22.5. The first-order chi connectivity index (χ1) is 14.8. The van der Waals surface area contributed by atoms with Gasteiger partial charge in [-0.2, -0.15) is 5.10 Å². The molecule has 1 aromatic heterocycles. The van der Waals surface area contributed by atoms with Gasteiger partial charge >= 0.3 is 0 Å². The average Bonchev–Trinajstić information content (AvgIpc) is 3.17. The van der Waals surface area contributed by atoms with Crippen LogP contribution in [0.3, 0.4) is 0 Å². The highest BCUT2D eigenvalue weighted by Gasteiger charge is 2.24. The maximum absolute atomic E-state index is 13.4. The molecule has 0 bridgehead atoms. The van der Waals surface area contributed by atoms with Crippen molar-refractivity contribution < 1.29 is 14.0 Å². The number of halogens is 1. The van der Waals surface area contributed by atoms with E-state index in [2.05, 4.69) is 10.4 Å². The van der Waals surface area contributed by atoms with E-state index in [9.17, 15) is 14.0 Å². The van der Waals surface area contributed by atoms with E-state index in [-0.39, 0.29) is 30.2 Å². The maximum atomic E-state index is 13.4. The fraction of sp³-hybridized carbons (Fsp3) is 0.292. The zero-order valence-electron chi connectivity index (χ0n) is 18.2. The average molecular weight is 423 g/mol. The number of rotatable bonds is 7. The van der Waals surface area contributed by atoms with Gasteiger partial charge in [-0.05, 0) is 52.0 Å². The number of nitrogens with zero attached hydrogens (tertiary/aromatic N) is 3. The van der Waals surface area contributed by atoms with E-state index in [1.165, 1.54) is 17.0 Å². The Morgan fingerprint density at radius 1 is 1.10 bits per heavy atom. The molecule has 0 unspecified atom stereocenters. The summed E-state index contributed by atoms with van der Waals surface area (Å²) in [6.07, 6.45) is 1.63. The van der Waals surface area contributed by atoms with Crippen LogP contribution in [0.2, 0.25) is 0 Å². The molecule has 1 heterocycles. The molecule has 7 heteroatoms. The van der Waals surface area contributed by atoms with Crippen molar-refractivity contribution in [2.24, 2.45) is 0 Å². The number of aromatic nitrogens is 2. The van der Waals surface area contributed by atoms with Crippen LogP contribution >= 0.6 is 0 Å². The van der Waals surface area contributed by atoms with Gasteiger partial charge in [0, 0.05) is 24.3 Å². The number of carbonyl (C=O) groups is 2. The van der Waals surface area contributed by atoms with Gasteiger partial charge < -0.3 is 10.2 Å². The van der Waals surface area contributed by atoms with Gasteiger partial charge in [0.2, 0.25) is 5.91 Å². The van der Waals surface area contributed by atoms with Crippen molar-refractivity contribution in [1.29, 1.82) is 0 Å². The Morgan fingerprint density at radius 2 is 1.74 bits per heavy atom. The van der Waals surface area contributed by atoms with Gasteiger partial charge in [-0.15, -0.1) is 0 Å². The van der Waals surface area contributed by atoms with Crippen molar-refractivity contribution in [1.82, 2.24) is 20.0 Å². The molecule has 3 aromatic rings. The van der Waals surface area contributed by atoms with Gasteiger partial charge in [0.15, 0.2) is 0 Å². The number of carbonyl (C=O) groups excluding carboxylic acids is 2. The molecule has 0 saturated carbocycles. The van der Waals surface area contributed by atoms with Crippen molar-refractivity contribution in [3.63, 3.8) is 0 Å². The Hall–Kier alpha value is -3.48. The third-order valence-electron chi connectivity index (χ3n) is 4.81. The minimum atomic E-state index is -0.348. The van der Waals surface area contributed by atoms with Crippen LogP contribution in [0.15, 0.2) is 54.7 Å². The second-order valence-electron chi connectivity index (χ2n) is 7.72. The van der Waals surface area contributed by atoms with Crippen molar-refractivity contribution in [3.05, 3.63) is 71.7 Å². The first-order valence-corrected chi connectivity index (χ1v) is 10.3. The molecule has 0 aliphatic carbocycles. The van der Waals surface area contributed by atoms with E-state index < -0.39 is 0 Å². The number of hydrogen-bond acceptors (Lipinski definition) is 3. The summed E-state index contributed by atoms with van der Waals surface area (Å²) in [7, 11) is 0. The van der Waals surface area contributed by atoms with E-state index >= 15 is 0 Å². The summed E-state index contributed by atoms with van der Waals surface area (Å²) in [4.78, 5) is 27.1. The second kappa shape index (κ2) is 9.55. The quantitative estimate of drug-likeness (QED) is 0.626. The van der Waals surface area contributed by atoms with Crippen molar-refractivity contribution in [2.45, 2.75) is 33.7 Å². The van der Waals surface area contributed by atoms with Gasteiger partial charge in [0.05, 0.1) is 17.8 Å². The predicted molar refractivity (Wildman–Crippen MR) is 119 cm³/mol. The minimum absolute atomic E-state index is 0.00865. The highest BCUT2D eigenvalue weighted by molar-refractivity contribution is 6.01. The fourth-order valence-electron chi connectivity index (χ4n) is 3.22. The summed E-state index contributed by atoms with van der Waals surface area (Å²) in [6, 6.07) is 13.6. The van der Waals surface area contributed by atoms with Crippen LogP contribution in [0.4, 0.5) is 4.39 Å². The topological polar surface area (TPSA) is 67.2 Å². The Balaban J connectivity index is 2.01. The molecule has 31 heavy (non-hydrogen) atoms. The summed E-state index contributed by atoms with van der Waals surface area (Å²) in [5.41, 5.74) is 3.41. The molecule has 6 nitrogen and oxygen atoms in total. The smallest absolute Gasteiger partial charge is 0.258 e. The predicted octanol–water partition coefficient (Wildman–Crippen LogP) is 3.97.